The summed E-state index contributed by atoms with van der Waals surface area (Å²) < 4.78 is 1.01. The van der Waals surface area contributed by atoms with Crippen LogP contribution in [0.1, 0.15) is 43.4 Å². The SMILES string of the molecule is C=C/C=c1/nc(C(=O)NC2C(CC)CCN[C@H]2C)s/c1=C/C. The molecule has 1 aliphatic heterocycles. The predicted octanol–water partition coefficient (Wildman–Crippen LogP) is 1.42. The smallest absolute Gasteiger partial charge is 0.280 e. The molecule has 5 heteroatoms. The Morgan fingerprint density at radius 1 is 1.59 bits per heavy atom. The zero-order chi connectivity index (χ0) is 16.1. The molecule has 120 valence electrons. The van der Waals surface area contributed by atoms with Crippen molar-refractivity contribution >= 4 is 29.4 Å². The molecule has 0 bridgehead atoms. The fourth-order valence-electron chi connectivity index (χ4n) is 3.00. The monoisotopic (exact) mass is 319 g/mol. The van der Waals surface area contributed by atoms with Gasteiger partial charge >= 0.3 is 0 Å². The van der Waals surface area contributed by atoms with Crippen molar-refractivity contribution in [3.05, 3.63) is 27.5 Å². The van der Waals surface area contributed by atoms with Crippen molar-refractivity contribution in [1.29, 1.82) is 0 Å². The molecule has 22 heavy (non-hydrogen) atoms. The molecule has 4 nitrogen and oxygen atoms in total. The van der Waals surface area contributed by atoms with Crippen LogP contribution in [0.25, 0.3) is 12.2 Å². The normalized spacial score (nSPS) is 27.0. The summed E-state index contributed by atoms with van der Waals surface area (Å²) in [5.74, 6) is 0.451. The van der Waals surface area contributed by atoms with Crippen LogP contribution in [0.3, 0.4) is 0 Å². The van der Waals surface area contributed by atoms with Crippen LogP contribution in [0.4, 0.5) is 0 Å². The molecule has 0 aromatic carbocycles. The second-order valence-electron chi connectivity index (χ2n) is 5.66. The molecule has 3 atom stereocenters. The molecule has 0 saturated carbocycles. The lowest BCUT2D eigenvalue weighted by molar-refractivity contribution is 0.0890. The van der Waals surface area contributed by atoms with Gasteiger partial charge in [-0.25, -0.2) is 4.98 Å². The van der Waals surface area contributed by atoms with Crippen LogP contribution >= 0.6 is 11.3 Å². The van der Waals surface area contributed by atoms with Crippen molar-refractivity contribution < 1.29 is 4.79 Å². The molecule has 1 saturated heterocycles. The Morgan fingerprint density at radius 2 is 2.36 bits per heavy atom. The molecular weight excluding hydrogens is 294 g/mol. The van der Waals surface area contributed by atoms with Gasteiger partial charge in [0, 0.05) is 12.1 Å². The minimum atomic E-state index is -0.0733. The Balaban J connectivity index is 2.21. The topological polar surface area (TPSA) is 54.0 Å². The molecule has 1 fully saturated rings. The first-order valence-electron chi connectivity index (χ1n) is 7.90. The first-order chi connectivity index (χ1) is 10.6. The third kappa shape index (κ3) is 3.65. The second kappa shape index (κ2) is 7.70. The number of carbonyl (C=O) groups is 1. The third-order valence-corrected chi connectivity index (χ3v) is 5.40. The molecular formula is C17H25N3OS. The van der Waals surface area contributed by atoms with E-state index in [0.29, 0.717) is 17.0 Å². The highest BCUT2D eigenvalue weighted by molar-refractivity contribution is 7.11. The number of amides is 1. The Bertz CT molecular complexity index is 649. The number of nitrogens with one attached hydrogen (secondary N) is 2. The number of hydrogen-bond acceptors (Lipinski definition) is 4. The van der Waals surface area contributed by atoms with Gasteiger partial charge in [0.05, 0.1) is 9.88 Å². The van der Waals surface area contributed by atoms with Gasteiger partial charge in [0.25, 0.3) is 5.91 Å². The Hall–Kier alpha value is -1.46. The van der Waals surface area contributed by atoms with E-state index in [4.69, 9.17) is 0 Å². The van der Waals surface area contributed by atoms with E-state index < -0.39 is 0 Å². The maximum atomic E-state index is 12.6. The predicted molar refractivity (Wildman–Crippen MR) is 93.3 cm³/mol. The van der Waals surface area contributed by atoms with Gasteiger partial charge in [-0.2, -0.15) is 0 Å². The summed E-state index contributed by atoms with van der Waals surface area (Å²) in [7, 11) is 0. The summed E-state index contributed by atoms with van der Waals surface area (Å²) in [4.78, 5) is 17.0. The summed E-state index contributed by atoms with van der Waals surface area (Å²) in [5.41, 5.74) is 0. The van der Waals surface area contributed by atoms with Gasteiger partial charge in [0.2, 0.25) is 0 Å². The van der Waals surface area contributed by atoms with E-state index in [0.717, 1.165) is 29.3 Å². The van der Waals surface area contributed by atoms with Crippen LogP contribution in [-0.4, -0.2) is 29.5 Å². The zero-order valence-electron chi connectivity index (χ0n) is 13.6. The minimum Gasteiger partial charge on any atom is -0.345 e. The van der Waals surface area contributed by atoms with E-state index in [-0.39, 0.29) is 11.9 Å². The number of allylic oxidation sites excluding steroid dienone is 1. The quantitative estimate of drug-likeness (QED) is 0.882. The van der Waals surface area contributed by atoms with Crippen LogP contribution < -0.4 is 20.5 Å². The number of thiazole rings is 1. The number of piperidine rings is 1. The molecule has 0 aliphatic carbocycles. The number of rotatable bonds is 4. The molecule has 1 aromatic heterocycles. The lowest BCUT2D eigenvalue weighted by Crippen LogP contribution is -2.56. The lowest BCUT2D eigenvalue weighted by Gasteiger charge is -2.37. The van der Waals surface area contributed by atoms with Crippen LogP contribution in [0.15, 0.2) is 12.7 Å². The molecule has 1 aliphatic rings. The lowest BCUT2D eigenvalue weighted by atomic mass is 9.85. The van der Waals surface area contributed by atoms with Crippen molar-refractivity contribution in [2.75, 3.05) is 6.54 Å². The van der Waals surface area contributed by atoms with Gasteiger partial charge in [-0.05, 0) is 38.8 Å². The van der Waals surface area contributed by atoms with Crippen LogP contribution in [0.5, 0.6) is 0 Å². The summed E-state index contributed by atoms with van der Waals surface area (Å²) in [5, 5.41) is 7.97. The first-order valence-corrected chi connectivity index (χ1v) is 8.72. The average Bonchev–Trinajstić information content (AvgIpc) is 2.93. The van der Waals surface area contributed by atoms with E-state index in [1.807, 2.05) is 19.1 Å². The molecule has 2 heterocycles. The van der Waals surface area contributed by atoms with Gasteiger partial charge in [-0.1, -0.05) is 32.1 Å². The maximum Gasteiger partial charge on any atom is 0.280 e. The van der Waals surface area contributed by atoms with Crippen molar-refractivity contribution in [3.8, 4) is 0 Å². The standard InChI is InChI=1S/C17H25N3OS/c1-5-8-13-14(7-3)22-17(19-13)16(21)20-15-11(4)18-10-9-12(15)6-2/h5,7-8,11-12,15,18H,1,6,9-10H2,2-4H3,(H,20,21)/b13-8+,14-7+/t11-,12?,15?/m0/s1. The molecule has 1 aromatic rings. The Labute approximate surface area is 136 Å². The van der Waals surface area contributed by atoms with E-state index >= 15 is 0 Å². The van der Waals surface area contributed by atoms with Gasteiger partial charge in [-0.3, -0.25) is 4.79 Å². The third-order valence-electron chi connectivity index (χ3n) is 4.26. The van der Waals surface area contributed by atoms with E-state index in [1.165, 1.54) is 11.3 Å². The molecule has 2 unspecified atom stereocenters. The minimum absolute atomic E-state index is 0.0733. The van der Waals surface area contributed by atoms with Gasteiger partial charge < -0.3 is 10.6 Å². The molecule has 0 radical (unpaired) electrons. The number of nitrogens with zero attached hydrogens (tertiary/aromatic N) is 1. The largest absolute Gasteiger partial charge is 0.345 e. The molecule has 2 rings (SSSR count). The molecule has 1 amide bonds. The first kappa shape index (κ1) is 16.9. The fourth-order valence-corrected chi connectivity index (χ4v) is 3.84. The molecule has 0 spiro atoms. The summed E-state index contributed by atoms with van der Waals surface area (Å²) in [6.45, 7) is 11.0. The van der Waals surface area contributed by atoms with Crippen LogP contribution in [0, 0.1) is 5.92 Å². The van der Waals surface area contributed by atoms with Crippen LogP contribution in [-0.2, 0) is 0 Å². The van der Waals surface area contributed by atoms with E-state index in [9.17, 15) is 4.79 Å². The van der Waals surface area contributed by atoms with Crippen LogP contribution in [0.2, 0.25) is 0 Å². The van der Waals surface area contributed by atoms with Crippen molar-refractivity contribution in [2.45, 2.75) is 45.7 Å². The fraction of sp³-hybridized carbons (Fsp3) is 0.529. The number of hydrogen-bond donors (Lipinski definition) is 2. The van der Waals surface area contributed by atoms with Gasteiger partial charge in [0.15, 0.2) is 5.01 Å². The highest BCUT2D eigenvalue weighted by Gasteiger charge is 2.31. The number of carbonyl (C=O) groups excluding carboxylic acids is 1. The van der Waals surface area contributed by atoms with E-state index in [1.54, 1.807) is 6.08 Å². The number of aromatic nitrogens is 1. The summed E-state index contributed by atoms with van der Waals surface area (Å²) >= 11 is 1.43. The average molecular weight is 319 g/mol. The van der Waals surface area contributed by atoms with E-state index in [2.05, 4.69) is 36.0 Å². The highest BCUT2D eigenvalue weighted by atomic mass is 32.1. The molecule has 2 N–H and O–H groups in total. The highest BCUT2D eigenvalue weighted by Crippen LogP contribution is 2.20. The summed E-state index contributed by atoms with van der Waals surface area (Å²) in [6, 6.07) is 0.454. The second-order valence-corrected chi connectivity index (χ2v) is 6.69. The van der Waals surface area contributed by atoms with Crippen molar-refractivity contribution in [3.63, 3.8) is 0 Å². The van der Waals surface area contributed by atoms with Crippen molar-refractivity contribution in [1.82, 2.24) is 15.6 Å². The summed E-state index contributed by atoms with van der Waals surface area (Å²) in [6.07, 6.45) is 7.70. The van der Waals surface area contributed by atoms with Gasteiger partial charge in [-0.15, -0.1) is 11.3 Å². The Kier molecular flexibility index (Phi) is 5.91. The maximum absolute atomic E-state index is 12.6. The van der Waals surface area contributed by atoms with Gasteiger partial charge in [0.1, 0.15) is 0 Å². The Morgan fingerprint density at radius 3 is 3.00 bits per heavy atom. The zero-order valence-corrected chi connectivity index (χ0v) is 14.4. The van der Waals surface area contributed by atoms with Crippen molar-refractivity contribution in [2.24, 2.45) is 5.92 Å².